The van der Waals surface area contributed by atoms with E-state index in [1.807, 2.05) is 29.2 Å². The number of hydrogen-bond donors (Lipinski definition) is 3. The summed E-state index contributed by atoms with van der Waals surface area (Å²) in [6, 6.07) is 7.42. The number of benzene rings is 1. The molecule has 1 aromatic heterocycles. The summed E-state index contributed by atoms with van der Waals surface area (Å²) in [5.41, 5.74) is 3.13. The number of ether oxygens (including phenoxy) is 1. The van der Waals surface area contributed by atoms with Crippen molar-refractivity contribution in [3.63, 3.8) is 0 Å². The number of carbonyl (C=O) groups is 2. The first-order valence-corrected chi connectivity index (χ1v) is 10.5. The van der Waals surface area contributed by atoms with Gasteiger partial charge in [0.2, 0.25) is 11.8 Å². The second kappa shape index (κ2) is 8.87. The van der Waals surface area contributed by atoms with Gasteiger partial charge in [-0.1, -0.05) is 12.1 Å². The molecular formula is C22H29N5O3. The highest BCUT2D eigenvalue weighted by molar-refractivity contribution is 5.80. The van der Waals surface area contributed by atoms with Crippen LogP contribution in [0.2, 0.25) is 0 Å². The van der Waals surface area contributed by atoms with Gasteiger partial charge in [0.1, 0.15) is 5.75 Å². The molecule has 0 atom stereocenters. The van der Waals surface area contributed by atoms with Crippen molar-refractivity contribution in [3.8, 4) is 5.75 Å². The van der Waals surface area contributed by atoms with Crippen molar-refractivity contribution in [2.24, 2.45) is 0 Å². The van der Waals surface area contributed by atoms with Gasteiger partial charge in [0.05, 0.1) is 31.1 Å². The van der Waals surface area contributed by atoms with Crippen molar-refractivity contribution in [1.29, 1.82) is 0 Å². The first-order valence-electron chi connectivity index (χ1n) is 10.5. The monoisotopic (exact) mass is 411 g/mol. The van der Waals surface area contributed by atoms with E-state index in [-0.39, 0.29) is 17.4 Å². The fourth-order valence-corrected chi connectivity index (χ4v) is 4.44. The maximum absolute atomic E-state index is 12.6. The summed E-state index contributed by atoms with van der Waals surface area (Å²) in [5, 5.41) is 6.49. The summed E-state index contributed by atoms with van der Waals surface area (Å²) < 4.78 is 5.12. The number of amides is 2. The van der Waals surface area contributed by atoms with Gasteiger partial charge in [-0.2, -0.15) is 0 Å². The van der Waals surface area contributed by atoms with Crippen molar-refractivity contribution in [2.75, 3.05) is 33.3 Å². The SMILES string of the molecule is COc1ccc(CC(=O)NCCC(=O)N2CCC3(CC2)NCCc2[nH]cnc23)cc1. The van der Waals surface area contributed by atoms with Crippen LogP contribution in [0, 0.1) is 0 Å². The van der Waals surface area contributed by atoms with Crippen molar-refractivity contribution < 1.29 is 14.3 Å². The minimum absolute atomic E-state index is 0.0805. The molecule has 1 saturated heterocycles. The summed E-state index contributed by atoms with van der Waals surface area (Å²) in [7, 11) is 1.61. The largest absolute Gasteiger partial charge is 0.497 e. The number of piperidine rings is 1. The molecule has 0 unspecified atom stereocenters. The number of methoxy groups -OCH3 is 1. The Bertz CT molecular complexity index is 884. The Morgan fingerprint density at radius 1 is 1.23 bits per heavy atom. The molecule has 0 bridgehead atoms. The van der Waals surface area contributed by atoms with Crippen LogP contribution in [0.3, 0.4) is 0 Å². The minimum Gasteiger partial charge on any atom is -0.497 e. The Morgan fingerprint density at radius 2 is 2.00 bits per heavy atom. The number of fused-ring (bicyclic) bond motifs is 2. The van der Waals surface area contributed by atoms with E-state index in [0.717, 1.165) is 42.8 Å². The smallest absolute Gasteiger partial charge is 0.224 e. The Balaban J connectivity index is 1.21. The zero-order chi connectivity index (χ0) is 21.0. The van der Waals surface area contributed by atoms with Gasteiger partial charge in [-0.3, -0.25) is 9.59 Å². The molecule has 1 fully saturated rings. The molecule has 160 valence electrons. The molecule has 4 rings (SSSR count). The van der Waals surface area contributed by atoms with Crippen molar-refractivity contribution in [3.05, 3.63) is 47.5 Å². The van der Waals surface area contributed by atoms with Crippen LogP contribution < -0.4 is 15.4 Å². The number of nitrogens with zero attached hydrogens (tertiary/aromatic N) is 2. The Labute approximate surface area is 176 Å². The Morgan fingerprint density at radius 3 is 2.73 bits per heavy atom. The summed E-state index contributed by atoms with van der Waals surface area (Å²) in [4.78, 5) is 34.4. The first kappa shape index (κ1) is 20.4. The second-order valence-electron chi connectivity index (χ2n) is 7.99. The van der Waals surface area contributed by atoms with E-state index in [4.69, 9.17) is 4.74 Å². The molecule has 30 heavy (non-hydrogen) atoms. The van der Waals surface area contributed by atoms with Gasteiger partial charge in [0.15, 0.2) is 0 Å². The molecule has 0 aliphatic carbocycles. The molecule has 1 aromatic carbocycles. The fourth-order valence-electron chi connectivity index (χ4n) is 4.44. The Kier molecular flexibility index (Phi) is 6.03. The highest BCUT2D eigenvalue weighted by Crippen LogP contribution is 2.35. The van der Waals surface area contributed by atoms with Gasteiger partial charge < -0.3 is 25.3 Å². The molecule has 2 amide bonds. The number of carbonyl (C=O) groups excluding carboxylic acids is 2. The van der Waals surface area contributed by atoms with E-state index >= 15 is 0 Å². The number of imidazole rings is 1. The number of aromatic amines is 1. The van der Waals surface area contributed by atoms with Crippen molar-refractivity contribution in [1.82, 2.24) is 25.5 Å². The normalized spacial score (nSPS) is 17.4. The average Bonchev–Trinajstić information content (AvgIpc) is 3.25. The third-order valence-corrected chi connectivity index (χ3v) is 6.16. The molecule has 2 aliphatic heterocycles. The molecule has 0 saturated carbocycles. The van der Waals surface area contributed by atoms with Crippen LogP contribution in [-0.4, -0.2) is 60.0 Å². The van der Waals surface area contributed by atoms with E-state index < -0.39 is 0 Å². The van der Waals surface area contributed by atoms with E-state index in [1.165, 1.54) is 5.69 Å². The van der Waals surface area contributed by atoms with E-state index in [0.29, 0.717) is 32.5 Å². The van der Waals surface area contributed by atoms with Crippen LogP contribution in [0.15, 0.2) is 30.6 Å². The molecule has 0 radical (unpaired) electrons. The molecule has 3 heterocycles. The van der Waals surface area contributed by atoms with Crippen LogP contribution in [0.4, 0.5) is 0 Å². The van der Waals surface area contributed by atoms with E-state index in [9.17, 15) is 9.59 Å². The number of likely N-dealkylation sites (tertiary alicyclic amines) is 1. The minimum atomic E-state index is -0.114. The number of rotatable bonds is 6. The van der Waals surface area contributed by atoms with Crippen LogP contribution in [0.5, 0.6) is 5.75 Å². The molecule has 3 N–H and O–H groups in total. The van der Waals surface area contributed by atoms with Gasteiger partial charge >= 0.3 is 0 Å². The lowest BCUT2D eigenvalue weighted by atomic mass is 9.80. The molecule has 2 aliphatic rings. The van der Waals surface area contributed by atoms with Gasteiger partial charge in [-0.05, 0) is 30.5 Å². The zero-order valence-corrected chi connectivity index (χ0v) is 17.4. The van der Waals surface area contributed by atoms with Gasteiger partial charge in [0.25, 0.3) is 0 Å². The van der Waals surface area contributed by atoms with Crippen LogP contribution >= 0.6 is 0 Å². The Hall–Kier alpha value is -2.87. The highest BCUT2D eigenvalue weighted by Gasteiger charge is 2.41. The number of nitrogens with one attached hydrogen (secondary N) is 3. The van der Waals surface area contributed by atoms with Crippen LogP contribution in [-0.2, 0) is 28.0 Å². The summed E-state index contributed by atoms with van der Waals surface area (Å²) in [5.74, 6) is 0.774. The number of aromatic nitrogens is 2. The summed E-state index contributed by atoms with van der Waals surface area (Å²) >= 11 is 0. The van der Waals surface area contributed by atoms with Gasteiger partial charge in [0, 0.05) is 44.7 Å². The van der Waals surface area contributed by atoms with Gasteiger partial charge in [-0.25, -0.2) is 4.98 Å². The maximum Gasteiger partial charge on any atom is 0.224 e. The third kappa shape index (κ3) is 4.33. The van der Waals surface area contributed by atoms with Gasteiger partial charge in [-0.15, -0.1) is 0 Å². The lowest BCUT2D eigenvalue weighted by Gasteiger charge is -2.44. The quantitative estimate of drug-likeness (QED) is 0.662. The molecule has 8 nitrogen and oxygen atoms in total. The van der Waals surface area contributed by atoms with E-state index in [2.05, 4.69) is 20.6 Å². The zero-order valence-electron chi connectivity index (χ0n) is 17.4. The van der Waals surface area contributed by atoms with Crippen molar-refractivity contribution >= 4 is 11.8 Å². The van der Waals surface area contributed by atoms with Crippen LogP contribution in [0.25, 0.3) is 0 Å². The average molecular weight is 412 g/mol. The van der Waals surface area contributed by atoms with Crippen molar-refractivity contribution in [2.45, 2.75) is 37.6 Å². The molecule has 1 spiro atoms. The summed E-state index contributed by atoms with van der Waals surface area (Å²) in [6.45, 7) is 2.70. The fraction of sp³-hybridized carbons (Fsp3) is 0.500. The second-order valence-corrected chi connectivity index (χ2v) is 7.99. The van der Waals surface area contributed by atoms with Crippen LogP contribution in [0.1, 0.15) is 36.2 Å². The first-order chi connectivity index (χ1) is 14.6. The lowest BCUT2D eigenvalue weighted by Crippen LogP contribution is -2.55. The topological polar surface area (TPSA) is 99.4 Å². The number of H-pyrrole nitrogens is 1. The third-order valence-electron chi connectivity index (χ3n) is 6.16. The maximum atomic E-state index is 12.6. The molecular weight excluding hydrogens is 382 g/mol. The van der Waals surface area contributed by atoms with E-state index in [1.54, 1.807) is 13.4 Å². The highest BCUT2D eigenvalue weighted by atomic mass is 16.5. The summed E-state index contributed by atoms with van der Waals surface area (Å²) in [6.07, 6.45) is 5.08. The predicted octanol–water partition coefficient (Wildman–Crippen LogP) is 1.13. The standard InChI is InChI=1S/C22H29N5O3/c1-30-17-4-2-16(3-5-17)14-19(28)23-10-7-20(29)27-12-8-22(9-13-27)21-18(6-11-26-22)24-15-25-21/h2-5,15,26H,6-14H2,1H3,(H,23,28)(H,24,25). The number of hydrogen-bond acceptors (Lipinski definition) is 5. The predicted molar refractivity (Wildman–Crippen MR) is 112 cm³/mol. The molecule has 2 aromatic rings. The molecule has 8 heteroatoms. The lowest BCUT2D eigenvalue weighted by molar-refractivity contribution is -0.133.